The first kappa shape index (κ1) is 11.4. The van der Waals surface area contributed by atoms with Gasteiger partial charge in [-0.2, -0.15) is 0 Å². The van der Waals surface area contributed by atoms with Gasteiger partial charge in [-0.1, -0.05) is 0 Å². The Balaban J connectivity index is 1.57. The molecule has 0 spiro atoms. The molecule has 96 valence electrons. The van der Waals surface area contributed by atoms with Crippen molar-refractivity contribution in [3.05, 3.63) is 18.7 Å². The Kier molecular flexibility index (Phi) is 3.33. The van der Waals surface area contributed by atoms with Crippen molar-refractivity contribution in [2.45, 2.75) is 0 Å². The zero-order valence-corrected chi connectivity index (χ0v) is 10.2. The molecule has 18 heavy (non-hydrogen) atoms. The van der Waals surface area contributed by atoms with E-state index in [1.807, 2.05) is 10.6 Å². The topological polar surface area (TPSA) is 70.4 Å². The summed E-state index contributed by atoms with van der Waals surface area (Å²) in [6, 6.07) is 0. The third-order valence-corrected chi connectivity index (χ3v) is 3.15. The van der Waals surface area contributed by atoms with Crippen molar-refractivity contribution < 1.29 is 0 Å². The molecular formula is C11H17N7. The highest BCUT2D eigenvalue weighted by Crippen LogP contribution is 2.08. The standard InChI is InChI=1S/C11H17N7/c1-5-17(6-2-12-1)7-3-13-10-11-16-15-9-18(11)8-4-14-10/h4,8-9,12H,1-3,5-7H2,(H,13,14). The van der Waals surface area contributed by atoms with Gasteiger partial charge in [-0.05, 0) is 0 Å². The molecule has 1 fully saturated rings. The van der Waals surface area contributed by atoms with Gasteiger partial charge in [0.25, 0.3) is 0 Å². The van der Waals surface area contributed by atoms with Crippen LogP contribution in [0.1, 0.15) is 0 Å². The van der Waals surface area contributed by atoms with Crippen molar-refractivity contribution in [3.8, 4) is 0 Å². The molecule has 1 saturated heterocycles. The molecule has 0 aromatic carbocycles. The first-order chi connectivity index (χ1) is 8.93. The van der Waals surface area contributed by atoms with Gasteiger partial charge in [0, 0.05) is 51.7 Å². The SMILES string of the molecule is c1cn2cnnc2c(NCCN2CCNCC2)n1. The molecule has 2 N–H and O–H groups in total. The summed E-state index contributed by atoms with van der Waals surface area (Å²) < 4.78 is 1.86. The number of hydrogen-bond acceptors (Lipinski definition) is 6. The fourth-order valence-corrected chi connectivity index (χ4v) is 2.15. The molecule has 7 nitrogen and oxygen atoms in total. The fourth-order valence-electron chi connectivity index (χ4n) is 2.15. The predicted molar refractivity (Wildman–Crippen MR) is 68.6 cm³/mol. The highest BCUT2D eigenvalue weighted by molar-refractivity contribution is 5.61. The van der Waals surface area contributed by atoms with E-state index in [0.29, 0.717) is 0 Å². The molecule has 3 rings (SSSR count). The number of rotatable bonds is 4. The average Bonchev–Trinajstić information content (AvgIpc) is 2.89. The summed E-state index contributed by atoms with van der Waals surface area (Å²) in [5.74, 6) is 0.796. The molecule has 0 unspecified atom stereocenters. The summed E-state index contributed by atoms with van der Waals surface area (Å²) >= 11 is 0. The normalized spacial score (nSPS) is 17.1. The number of fused-ring (bicyclic) bond motifs is 1. The monoisotopic (exact) mass is 247 g/mol. The Bertz CT molecular complexity index is 503. The maximum atomic E-state index is 4.30. The molecule has 0 aliphatic carbocycles. The van der Waals surface area contributed by atoms with Crippen molar-refractivity contribution in [1.82, 2.24) is 29.8 Å². The van der Waals surface area contributed by atoms with Crippen molar-refractivity contribution in [3.63, 3.8) is 0 Å². The summed E-state index contributed by atoms with van der Waals surface area (Å²) in [5.41, 5.74) is 0.776. The lowest BCUT2D eigenvalue weighted by molar-refractivity contribution is 0.249. The predicted octanol–water partition coefficient (Wildman–Crippen LogP) is -0.559. The number of anilines is 1. The van der Waals surface area contributed by atoms with Gasteiger partial charge in [0.05, 0.1) is 0 Å². The third-order valence-electron chi connectivity index (χ3n) is 3.15. The zero-order chi connectivity index (χ0) is 12.2. The van der Waals surface area contributed by atoms with Gasteiger partial charge in [-0.25, -0.2) is 4.98 Å². The minimum absolute atomic E-state index is 0.776. The Morgan fingerprint density at radius 2 is 2.22 bits per heavy atom. The molecule has 2 aromatic heterocycles. The van der Waals surface area contributed by atoms with E-state index in [9.17, 15) is 0 Å². The van der Waals surface area contributed by atoms with Crippen molar-refractivity contribution in [2.24, 2.45) is 0 Å². The average molecular weight is 247 g/mol. The Labute approximate surface area is 105 Å². The van der Waals surface area contributed by atoms with E-state index in [2.05, 4.69) is 30.7 Å². The van der Waals surface area contributed by atoms with Crippen LogP contribution in [0.15, 0.2) is 18.7 Å². The molecule has 2 aromatic rings. The maximum absolute atomic E-state index is 4.30. The van der Waals surface area contributed by atoms with Gasteiger partial charge < -0.3 is 10.6 Å². The summed E-state index contributed by atoms with van der Waals surface area (Å²) in [7, 11) is 0. The van der Waals surface area contributed by atoms with Gasteiger partial charge in [-0.3, -0.25) is 9.30 Å². The van der Waals surface area contributed by atoms with Crippen LogP contribution in [0.2, 0.25) is 0 Å². The molecule has 0 atom stereocenters. The van der Waals surface area contributed by atoms with Crippen LogP contribution in [-0.4, -0.2) is 63.8 Å². The lowest BCUT2D eigenvalue weighted by atomic mass is 10.3. The Morgan fingerprint density at radius 3 is 3.11 bits per heavy atom. The number of nitrogens with one attached hydrogen (secondary N) is 2. The second-order valence-corrected chi connectivity index (χ2v) is 4.36. The molecule has 0 amide bonds. The van der Waals surface area contributed by atoms with Gasteiger partial charge in [0.1, 0.15) is 6.33 Å². The molecule has 0 saturated carbocycles. The largest absolute Gasteiger partial charge is 0.366 e. The number of piperazine rings is 1. The van der Waals surface area contributed by atoms with E-state index < -0.39 is 0 Å². The molecule has 3 heterocycles. The number of hydrogen-bond donors (Lipinski definition) is 2. The fraction of sp³-hybridized carbons (Fsp3) is 0.545. The molecule has 1 aliphatic heterocycles. The molecule has 0 bridgehead atoms. The smallest absolute Gasteiger partial charge is 0.203 e. The van der Waals surface area contributed by atoms with E-state index >= 15 is 0 Å². The zero-order valence-electron chi connectivity index (χ0n) is 10.2. The summed E-state index contributed by atoms with van der Waals surface area (Å²) in [6.07, 6.45) is 5.28. The van der Waals surface area contributed by atoms with Crippen molar-refractivity contribution in [1.29, 1.82) is 0 Å². The van der Waals surface area contributed by atoms with Gasteiger partial charge >= 0.3 is 0 Å². The van der Waals surface area contributed by atoms with Crippen LogP contribution in [0.3, 0.4) is 0 Å². The number of nitrogens with zero attached hydrogens (tertiary/aromatic N) is 5. The third kappa shape index (κ3) is 2.41. The molecule has 1 aliphatic rings. The minimum atomic E-state index is 0.776. The van der Waals surface area contributed by atoms with E-state index in [0.717, 1.165) is 50.7 Å². The van der Waals surface area contributed by atoms with Crippen LogP contribution in [0.25, 0.3) is 5.65 Å². The maximum Gasteiger partial charge on any atom is 0.203 e. The van der Waals surface area contributed by atoms with Crippen LogP contribution in [-0.2, 0) is 0 Å². The molecule has 0 radical (unpaired) electrons. The van der Waals surface area contributed by atoms with E-state index in [1.54, 1.807) is 12.5 Å². The second-order valence-electron chi connectivity index (χ2n) is 4.36. The lowest BCUT2D eigenvalue weighted by Gasteiger charge is -2.27. The summed E-state index contributed by atoms with van der Waals surface area (Å²) in [6.45, 7) is 6.29. The molecule has 7 heteroatoms. The van der Waals surface area contributed by atoms with E-state index in [-0.39, 0.29) is 0 Å². The number of aromatic nitrogens is 4. The highest BCUT2D eigenvalue weighted by Gasteiger charge is 2.09. The van der Waals surface area contributed by atoms with Crippen LogP contribution < -0.4 is 10.6 Å². The van der Waals surface area contributed by atoms with Gasteiger partial charge in [-0.15, -0.1) is 10.2 Å². The molecular weight excluding hydrogens is 230 g/mol. The van der Waals surface area contributed by atoms with Crippen molar-refractivity contribution in [2.75, 3.05) is 44.6 Å². The Hall–Kier alpha value is -1.73. The lowest BCUT2D eigenvalue weighted by Crippen LogP contribution is -2.45. The second kappa shape index (κ2) is 5.28. The minimum Gasteiger partial charge on any atom is -0.366 e. The first-order valence-electron chi connectivity index (χ1n) is 6.25. The Morgan fingerprint density at radius 1 is 1.33 bits per heavy atom. The van der Waals surface area contributed by atoms with Gasteiger partial charge in [0.15, 0.2) is 5.82 Å². The van der Waals surface area contributed by atoms with E-state index in [4.69, 9.17) is 0 Å². The summed E-state index contributed by atoms with van der Waals surface area (Å²) in [4.78, 5) is 6.73. The first-order valence-corrected chi connectivity index (χ1v) is 6.25. The van der Waals surface area contributed by atoms with Crippen LogP contribution in [0.4, 0.5) is 5.82 Å². The van der Waals surface area contributed by atoms with Crippen LogP contribution in [0.5, 0.6) is 0 Å². The van der Waals surface area contributed by atoms with Crippen LogP contribution in [0, 0.1) is 0 Å². The van der Waals surface area contributed by atoms with Crippen LogP contribution >= 0.6 is 0 Å². The highest BCUT2D eigenvalue weighted by atomic mass is 15.3. The van der Waals surface area contributed by atoms with E-state index in [1.165, 1.54) is 0 Å². The quantitative estimate of drug-likeness (QED) is 0.755. The summed E-state index contributed by atoms with van der Waals surface area (Å²) in [5, 5.41) is 14.6. The van der Waals surface area contributed by atoms with Gasteiger partial charge in [0.2, 0.25) is 5.65 Å². The van der Waals surface area contributed by atoms with Crippen molar-refractivity contribution >= 4 is 11.5 Å².